The lowest BCUT2D eigenvalue weighted by Crippen LogP contribution is -2.21. The molecule has 200 valence electrons. The number of esters is 1. The lowest BCUT2D eigenvalue weighted by Gasteiger charge is -2.12. The number of carbonyl (C=O) groups excluding carboxylic acids is 2. The van der Waals surface area contributed by atoms with Gasteiger partial charge in [-0.2, -0.15) is 10.1 Å². The summed E-state index contributed by atoms with van der Waals surface area (Å²) in [7, 11) is 0. The standard InChI is InChI=1S/C30H20Cl2N2O6/c1-17-22(28(35)34(33-17)20-8-11-25(31)23(14-20)29(36)37)15-21-9-12-27(40-21)19-7-10-26(32)24(13-19)30(38)39-16-18-5-3-2-4-6-18/h2-15H,16H2,1H3,(H,36,37)/b22-15-. The van der Waals surface area contributed by atoms with Crippen molar-refractivity contribution in [2.24, 2.45) is 5.10 Å². The van der Waals surface area contributed by atoms with E-state index in [1.54, 1.807) is 43.3 Å². The Bertz CT molecular complexity index is 1710. The minimum Gasteiger partial charge on any atom is -0.478 e. The molecule has 0 saturated carbocycles. The molecule has 0 bridgehead atoms. The first kappa shape index (κ1) is 26.9. The fourth-order valence-electron chi connectivity index (χ4n) is 4.03. The molecule has 4 aromatic rings. The van der Waals surface area contributed by atoms with E-state index in [9.17, 15) is 19.5 Å². The summed E-state index contributed by atoms with van der Waals surface area (Å²) in [6, 6.07) is 21.8. The summed E-state index contributed by atoms with van der Waals surface area (Å²) in [6.07, 6.45) is 1.55. The van der Waals surface area contributed by atoms with Crippen LogP contribution in [-0.2, 0) is 16.1 Å². The predicted molar refractivity (Wildman–Crippen MR) is 152 cm³/mol. The number of benzene rings is 3. The minimum absolute atomic E-state index is 0.0530. The van der Waals surface area contributed by atoms with Gasteiger partial charge in [0.05, 0.1) is 38.1 Å². The van der Waals surface area contributed by atoms with Gasteiger partial charge in [-0.05, 0) is 67.1 Å². The summed E-state index contributed by atoms with van der Waals surface area (Å²) in [4.78, 5) is 37.3. The van der Waals surface area contributed by atoms with Gasteiger partial charge in [0.25, 0.3) is 5.91 Å². The molecule has 1 aliphatic heterocycles. The summed E-state index contributed by atoms with van der Waals surface area (Å²) in [6.45, 7) is 1.77. The maximum Gasteiger partial charge on any atom is 0.340 e. The van der Waals surface area contributed by atoms with Crippen LogP contribution in [0.2, 0.25) is 10.0 Å². The zero-order chi connectivity index (χ0) is 28.4. The van der Waals surface area contributed by atoms with Crippen LogP contribution >= 0.6 is 23.2 Å². The highest BCUT2D eigenvalue weighted by Crippen LogP contribution is 2.31. The summed E-state index contributed by atoms with van der Waals surface area (Å²) < 4.78 is 11.4. The van der Waals surface area contributed by atoms with Gasteiger partial charge in [-0.15, -0.1) is 0 Å². The molecule has 1 aliphatic rings. The van der Waals surface area contributed by atoms with Gasteiger partial charge in [0.1, 0.15) is 18.1 Å². The molecule has 0 aliphatic carbocycles. The van der Waals surface area contributed by atoms with Crippen molar-refractivity contribution in [2.75, 3.05) is 5.01 Å². The number of rotatable bonds is 7. The number of carboxylic acids is 1. The molecule has 1 N–H and O–H groups in total. The summed E-state index contributed by atoms with van der Waals surface area (Å²) in [5.74, 6) is -1.42. The fourth-order valence-corrected chi connectivity index (χ4v) is 4.42. The smallest absolute Gasteiger partial charge is 0.340 e. The Morgan fingerprint density at radius 3 is 2.45 bits per heavy atom. The monoisotopic (exact) mass is 574 g/mol. The van der Waals surface area contributed by atoms with Crippen LogP contribution in [0.15, 0.2) is 94.0 Å². The molecule has 10 heteroatoms. The zero-order valence-electron chi connectivity index (χ0n) is 20.9. The van der Waals surface area contributed by atoms with Gasteiger partial charge >= 0.3 is 11.9 Å². The molecule has 0 fully saturated rings. The minimum atomic E-state index is -1.21. The number of halogens is 2. The Labute approximate surface area is 238 Å². The Morgan fingerprint density at radius 1 is 0.975 bits per heavy atom. The van der Waals surface area contributed by atoms with E-state index in [-0.39, 0.29) is 39.0 Å². The van der Waals surface area contributed by atoms with Crippen molar-refractivity contribution in [3.8, 4) is 11.3 Å². The van der Waals surface area contributed by atoms with Crippen molar-refractivity contribution in [1.29, 1.82) is 0 Å². The topological polar surface area (TPSA) is 109 Å². The first-order valence-corrected chi connectivity index (χ1v) is 12.7. The van der Waals surface area contributed by atoms with Gasteiger partial charge in [-0.1, -0.05) is 53.5 Å². The number of ether oxygens (including phenoxy) is 1. The van der Waals surface area contributed by atoms with Gasteiger partial charge in [-0.25, -0.2) is 9.59 Å². The predicted octanol–water partition coefficient (Wildman–Crippen LogP) is 7.11. The van der Waals surface area contributed by atoms with E-state index in [1.165, 1.54) is 18.2 Å². The van der Waals surface area contributed by atoms with Crippen LogP contribution in [0.3, 0.4) is 0 Å². The molecule has 2 heterocycles. The largest absolute Gasteiger partial charge is 0.478 e. The van der Waals surface area contributed by atoms with E-state index in [1.807, 2.05) is 30.3 Å². The highest BCUT2D eigenvalue weighted by atomic mass is 35.5. The van der Waals surface area contributed by atoms with Crippen LogP contribution in [0.5, 0.6) is 0 Å². The number of hydrogen-bond acceptors (Lipinski definition) is 6. The molecule has 1 aromatic heterocycles. The van der Waals surface area contributed by atoms with Crippen molar-refractivity contribution in [2.45, 2.75) is 13.5 Å². The number of anilines is 1. The molecule has 8 nitrogen and oxygen atoms in total. The third kappa shape index (κ3) is 5.54. The molecular formula is C30H20Cl2N2O6. The average Bonchev–Trinajstić information content (AvgIpc) is 3.53. The first-order valence-electron chi connectivity index (χ1n) is 12.0. The molecule has 0 spiro atoms. The van der Waals surface area contributed by atoms with Crippen molar-refractivity contribution >= 4 is 58.5 Å². The van der Waals surface area contributed by atoms with Gasteiger partial charge in [0.15, 0.2) is 0 Å². The van der Waals surface area contributed by atoms with Crippen molar-refractivity contribution in [1.82, 2.24) is 0 Å². The number of amides is 1. The second-order valence-electron chi connectivity index (χ2n) is 8.79. The maximum absolute atomic E-state index is 13.1. The number of carbonyl (C=O) groups is 3. The first-order chi connectivity index (χ1) is 19.2. The van der Waals surface area contributed by atoms with E-state index < -0.39 is 17.8 Å². The number of aromatic carboxylic acids is 1. The van der Waals surface area contributed by atoms with Gasteiger partial charge < -0.3 is 14.3 Å². The molecule has 40 heavy (non-hydrogen) atoms. The van der Waals surface area contributed by atoms with E-state index in [0.29, 0.717) is 22.8 Å². The number of furan rings is 1. The van der Waals surface area contributed by atoms with Gasteiger partial charge in [0.2, 0.25) is 0 Å². The van der Waals surface area contributed by atoms with Crippen molar-refractivity contribution in [3.05, 3.63) is 117 Å². The van der Waals surface area contributed by atoms with E-state index in [4.69, 9.17) is 32.4 Å². The van der Waals surface area contributed by atoms with Crippen molar-refractivity contribution in [3.63, 3.8) is 0 Å². The van der Waals surface area contributed by atoms with E-state index in [0.717, 1.165) is 10.6 Å². The number of hydrogen-bond donors (Lipinski definition) is 1. The average molecular weight is 575 g/mol. The van der Waals surface area contributed by atoms with Gasteiger partial charge in [-0.3, -0.25) is 4.79 Å². The molecule has 1 amide bonds. The van der Waals surface area contributed by atoms with E-state index >= 15 is 0 Å². The third-order valence-electron chi connectivity index (χ3n) is 6.08. The van der Waals surface area contributed by atoms with Crippen LogP contribution < -0.4 is 5.01 Å². The van der Waals surface area contributed by atoms with Gasteiger partial charge in [0, 0.05) is 5.56 Å². The van der Waals surface area contributed by atoms with Crippen molar-refractivity contribution < 1.29 is 28.6 Å². The number of hydrazone groups is 1. The normalized spacial score (nSPS) is 14.0. The zero-order valence-corrected chi connectivity index (χ0v) is 22.4. The fraction of sp³-hybridized carbons (Fsp3) is 0.0667. The molecular weight excluding hydrogens is 555 g/mol. The lowest BCUT2D eigenvalue weighted by atomic mass is 10.1. The van der Waals surface area contributed by atoms with Crippen LogP contribution in [-0.4, -0.2) is 28.7 Å². The molecule has 3 aromatic carbocycles. The molecule has 5 rings (SSSR count). The molecule has 0 unspecified atom stereocenters. The number of carboxylic acid groups (broad SMARTS) is 1. The Balaban J connectivity index is 1.35. The maximum atomic E-state index is 13.1. The Kier molecular flexibility index (Phi) is 7.55. The summed E-state index contributed by atoms with van der Waals surface area (Å²) >= 11 is 12.2. The lowest BCUT2D eigenvalue weighted by molar-refractivity contribution is -0.114. The quantitative estimate of drug-likeness (QED) is 0.186. The number of nitrogens with zero attached hydrogens (tertiary/aromatic N) is 2. The molecule has 0 saturated heterocycles. The Morgan fingerprint density at radius 2 is 1.70 bits per heavy atom. The highest BCUT2D eigenvalue weighted by Gasteiger charge is 2.30. The van der Waals surface area contributed by atoms with Crippen LogP contribution in [0, 0.1) is 0 Å². The second-order valence-corrected chi connectivity index (χ2v) is 9.60. The molecule has 0 atom stereocenters. The third-order valence-corrected chi connectivity index (χ3v) is 6.74. The van der Waals surface area contributed by atoms with E-state index in [2.05, 4.69) is 5.10 Å². The van der Waals surface area contributed by atoms with Crippen LogP contribution in [0.4, 0.5) is 5.69 Å². The second kappa shape index (κ2) is 11.2. The summed E-state index contributed by atoms with van der Waals surface area (Å²) in [5.41, 5.74) is 2.46. The Hall–Kier alpha value is -4.66. The highest BCUT2D eigenvalue weighted by molar-refractivity contribution is 6.35. The van der Waals surface area contributed by atoms with Crippen LogP contribution in [0.25, 0.3) is 17.4 Å². The summed E-state index contributed by atoms with van der Waals surface area (Å²) in [5, 5.41) is 15.0. The van der Waals surface area contributed by atoms with Crippen LogP contribution in [0.1, 0.15) is 39.0 Å². The SMILES string of the molecule is CC1=NN(c2ccc(Cl)c(C(=O)O)c2)C(=O)/C1=C\c1ccc(-c2ccc(Cl)c(C(=O)OCc3ccccc3)c2)o1. The molecule has 0 radical (unpaired) electrons.